The molecule has 5 nitrogen and oxygen atoms in total. The lowest BCUT2D eigenvalue weighted by molar-refractivity contribution is -0.143. The van der Waals surface area contributed by atoms with E-state index in [4.69, 9.17) is 10.8 Å². The van der Waals surface area contributed by atoms with Gasteiger partial charge < -0.3 is 16.2 Å². The third-order valence-electron chi connectivity index (χ3n) is 3.64. The molecule has 20 heavy (non-hydrogen) atoms. The lowest BCUT2D eigenvalue weighted by atomic mass is 9.84. The number of rotatable bonds is 3. The quantitative estimate of drug-likeness (QED) is 0.736. The molecule has 1 fully saturated rings. The van der Waals surface area contributed by atoms with E-state index in [2.05, 4.69) is 5.32 Å². The summed E-state index contributed by atoms with van der Waals surface area (Å²) in [5, 5.41) is 11.8. The molecule has 108 valence electrons. The van der Waals surface area contributed by atoms with Gasteiger partial charge in [0.2, 0.25) is 0 Å². The Hall–Kier alpha value is -2.11. The van der Waals surface area contributed by atoms with Crippen LogP contribution in [-0.2, 0) is 4.79 Å². The average Bonchev–Trinajstić information content (AvgIpc) is 2.38. The highest BCUT2D eigenvalue weighted by molar-refractivity contribution is 5.95. The molecular weight excluding hydrogens is 263 g/mol. The molecule has 2 rings (SSSR count). The van der Waals surface area contributed by atoms with Gasteiger partial charge in [0.1, 0.15) is 5.82 Å². The Morgan fingerprint density at radius 3 is 2.65 bits per heavy atom. The number of halogens is 1. The second kappa shape index (κ2) is 5.90. The number of carbonyl (C=O) groups excluding carboxylic acids is 1. The fourth-order valence-electron chi connectivity index (χ4n) is 2.56. The van der Waals surface area contributed by atoms with E-state index in [0.717, 1.165) is 18.9 Å². The van der Waals surface area contributed by atoms with Crippen molar-refractivity contribution < 1.29 is 19.1 Å². The monoisotopic (exact) mass is 280 g/mol. The number of hydrogen-bond acceptors (Lipinski definition) is 3. The number of hydrogen-bond donors (Lipinski definition) is 3. The summed E-state index contributed by atoms with van der Waals surface area (Å²) in [6, 6.07) is 3.36. The Bertz CT molecular complexity index is 533. The highest BCUT2D eigenvalue weighted by atomic mass is 19.1. The van der Waals surface area contributed by atoms with Gasteiger partial charge in [-0.2, -0.15) is 0 Å². The number of carboxylic acids is 1. The molecule has 0 aliphatic heterocycles. The second-order valence-corrected chi connectivity index (χ2v) is 5.05. The van der Waals surface area contributed by atoms with Gasteiger partial charge in [-0.15, -0.1) is 0 Å². The minimum absolute atomic E-state index is 0.117. The average molecular weight is 280 g/mol. The Labute approximate surface area is 116 Å². The van der Waals surface area contributed by atoms with Crippen molar-refractivity contribution in [3.8, 4) is 0 Å². The molecule has 0 bridgehead atoms. The zero-order valence-corrected chi connectivity index (χ0v) is 10.9. The Morgan fingerprint density at radius 2 is 2.00 bits per heavy atom. The van der Waals surface area contributed by atoms with E-state index in [1.54, 1.807) is 0 Å². The predicted molar refractivity (Wildman–Crippen MR) is 71.7 cm³/mol. The summed E-state index contributed by atoms with van der Waals surface area (Å²) in [6.07, 6.45) is 2.82. The number of aliphatic carboxylic acids is 1. The molecule has 1 amide bonds. The fourth-order valence-corrected chi connectivity index (χ4v) is 2.56. The number of carboxylic acid groups (broad SMARTS) is 1. The van der Waals surface area contributed by atoms with Gasteiger partial charge in [0, 0.05) is 11.7 Å². The van der Waals surface area contributed by atoms with Gasteiger partial charge in [0.15, 0.2) is 0 Å². The summed E-state index contributed by atoms with van der Waals surface area (Å²) in [4.78, 5) is 23.2. The second-order valence-electron chi connectivity index (χ2n) is 5.05. The number of nitrogen functional groups attached to an aromatic ring is 1. The van der Waals surface area contributed by atoms with Crippen molar-refractivity contribution >= 4 is 17.6 Å². The number of carbonyl (C=O) groups is 2. The van der Waals surface area contributed by atoms with Crippen molar-refractivity contribution in [2.45, 2.75) is 31.7 Å². The Balaban J connectivity index is 2.11. The van der Waals surface area contributed by atoms with Crippen LogP contribution in [0.25, 0.3) is 0 Å². The lowest BCUT2D eigenvalue weighted by Crippen LogP contribution is -2.45. The molecule has 1 aromatic carbocycles. The SMILES string of the molecule is Nc1ccc(C(=O)NC2CCCCC2C(=O)O)c(F)c1. The molecule has 0 radical (unpaired) electrons. The number of anilines is 1. The van der Waals surface area contributed by atoms with Crippen LogP contribution in [0.5, 0.6) is 0 Å². The molecule has 0 aromatic heterocycles. The van der Waals surface area contributed by atoms with Crippen molar-refractivity contribution in [3.05, 3.63) is 29.6 Å². The van der Waals surface area contributed by atoms with Crippen LogP contribution >= 0.6 is 0 Å². The standard InChI is InChI=1S/C14H17FN2O3/c15-11-7-8(16)5-6-9(11)13(18)17-12-4-2-1-3-10(12)14(19)20/h5-7,10,12H,1-4,16H2,(H,17,18)(H,19,20). The summed E-state index contributed by atoms with van der Waals surface area (Å²) in [7, 11) is 0. The van der Waals surface area contributed by atoms with Crippen molar-refractivity contribution in [2.75, 3.05) is 5.73 Å². The van der Waals surface area contributed by atoms with Gasteiger partial charge in [-0.25, -0.2) is 4.39 Å². The third-order valence-corrected chi connectivity index (χ3v) is 3.64. The topological polar surface area (TPSA) is 92.4 Å². The molecule has 2 unspecified atom stereocenters. The summed E-state index contributed by atoms with van der Waals surface area (Å²) < 4.78 is 13.7. The zero-order valence-electron chi connectivity index (χ0n) is 10.9. The number of nitrogens with two attached hydrogens (primary N) is 1. The van der Waals surface area contributed by atoms with Gasteiger partial charge in [-0.1, -0.05) is 12.8 Å². The molecule has 2 atom stereocenters. The molecule has 0 spiro atoms. The maximum Gasteiger partial charge on any atom is 0.308 e. The first-order valence-electron chi connectivity index (χ1n) is 6.57. The van der Waals surface area contributed by atoms with E-state index in [1.807, 2.05) is 0 Å². The van der Waals surface area contributed by atoms with E-state index in [-0.39, 0.29) is 11.3 Å². The summed E-state index contributed by atoms with van der Waals surface area (Å²) >= 11 is 0. The molecule has 4 N–H and O–H groups in total. The van der Waals surface area contributed by atoms with Crippen molar-refractivity contribution in [3.63, 3.8) is 0 Å². The van der Waals surface area contributed by atoms with Gasteiger partial charge >= 0.3 is 5.97 Å². The Morgan fingerprint density at radius 1 is 1.30 bits per heavy atom. The van der Waals surface area contributed by atoms with Crippen LogP contribution in [0.15, 0.2) is 18.2 Å². The minimum Gasteiger partial charge on any atom is -0.481 e. The maximum atomic E-state index is 13.7. The van der Waals surface area contributed by atoms with Gasteiger partial charge in [0.25, 0.3) is 5.91 Å². The van der Waals surface area contributed by atoms with Crippen LogP contribution in [0.1, 0.15) is 36.0 Å². The van der Waals surface area contributed by atoms with Crippen LogP contribution < -0.4 is 11.1 Å². The first-order chi connectivity index (χ1) is 9.49. The van der Waals surface area contributed by atoms with E-state index in [9.17, 15) is 14.0 Å². The van der Waals surface area contributed by atoms with Crippen LogP contribution in [0, 0.1) is 11.7 Å². The van der Waals surface area contributed by atoms with E-state index >= 15 is 0 Å². The van der Waals surface area contributed by atoms with Crippen LogP contribution in [0.4, 0.5) is 10.1 Å². The van der Waals surface area contributed by atoms with Crippen LogP contribution in [0.2, 0.25) is 0 Å². The highest BCUT2D eigenvalue weighted by Gasteiger charge is 2.32. The largest absolute Gasteiger partial charge is 0.481 e. The van der Waals surface area contributed by atoms with Gasteiger partial charge in [-0.05, 0) is 31.0 Å². The third kappa shape index (κ3) is 3.07. The van der Waals surface area contributed by atoms with Crippen LogP contribution in [0.3, 0.4) is 0 Å². The molecule has 1 aliphatic rings. The van der Waals surface area contributed by atoms with E-state index < -0.39 is 29.7 Å². The smallest absolute Gasteiger partial charge is 0.308 e. The fraction of sp³-hybridized carbons (Fsp3) is 0.429. The Kier molecular flexibility index (Phi) is 4.22. The molecule has 1 aliphatic carbocycles. The number of amides is 1. The maximum absolute atomic E-state index is 13.7. The molecule has 0 saturated heterocycles. The van der Waals surface area contributed by atoms with Crippen molar-refractivity contribution in [1.82, 2.24) is 5.32 Å². The summed E-state index contributed by atoms with van der Waals surface area (Å²) in [5.74, 6) is -2.83. The molecular formula is C14H17FN2O3. The summed E-state index contributed by atoms with van der Waals surface area (Å²) in [6.45, 7) is 0. The van der Waals surface area contributed by atoms with Gasteiger partial charge in [0.05, 0.1) is 11.5 Å². The molecule has 0 heterocycles. The van der Waals surface area contributed by atoms with E-state index in [1.165, 1.54) is 12.1 Å². The lowest BCUT2D eigenvalue weighted by Gasteiger charge is -2.29. The number of benzene rings is 1. The molecule has 6 heteroatoms. The molecule has 1 saturated carbocycles. The zero-order chi connectivity index (χ0) is 14.7. The summed E-state index contributed by atoms with van der Waals surface area (Å²) in [5.41, 5.74) is 5.54. The van der Waals surface area contributed by atoms with Crippen molar-refractivity contribution in [2.24, 2.45) is 5.92 Å². The number of nitrogens with one attached hydrogen (secondary N) is 1. The highest BCUT2D eigenvalue weighted by Crippen LogP contribution is 2.25. The first kappa shape index (κ1) is 14.3. The first-order valence-corrected chi connectivity index (χ1v) is 6.57. The predicted octanol–water partition coefficient (Wildman–Crippen LogP) is 1.78. The van der Waals surface area contributed by atoms with Crippen LogP contribution in [-0.4, -0.2) is 23.0 Å². The molecule has 1 aromatic rings. The van der Waals surface area contributed by atoms with Crippen molar-refractivity contribution in [1.29, 1.82) is 0 Å². The minimum atomic E-state index is -0.923. The van der Waals surface area contributed by atoms with E-state index in [0.29, 0.717) is 12.8 Å². The normalized spacial score (nSPS) is 22.2. The van der Waals surface area contributed by atoms with Gasteiger partial charge in [-0.3, -0.25) is 9.59 Å².